The van der Waals surface area contributed by atoms with Gasteiger partial charge in [-0.2, -0.15) is 4.98 Å². The average molecular weight is 185 g/mol. The molecule has 0 saturated heterocycles. The maximum Gasteiger partial charge on any atom is 0.349 e. The second kappa shape index (κ2) is 2.90. The Morgan fingerprint density at radius 3 is 3.17 bits per heavy atom. The minimum absolute atomic E-state index is 0.211. The fraction of sp³-hybridized carbons (Fsp3) is 0.500. The van der Waals surface area contributed by atoms with E-state index in [-0.39, 0.29) is 5.69 Å². The lowest BCUT2D eigenvalue weighted by Gasteiger charge is -2.16. The lowest BCUT2D eigenvalue weighted by molar-refractivity contribution is 0.503. The Labute approximate surface area is 75.0 Å². The van der Waals surface area contributed by atoms with Crippen LogP contribution in [0.3, 0.4) is 0 Å². The first-order valence-electron chi connectivity index (χ1n) is 4.03. The van der Waals surface area contributed by atoms with Gasteiger partial charge in [0.2, 0.25) is 0 Å². The van der Waals surface area contributed by atoms with Crippen molar-refractivity contribution in [3.8, 4) is 0 Å². The Kier molecular flexibility index (Phi) is 1.89. The first-order chi connectivity index (χ1) is 5.77. The van der Waals surface area contributed by atoms with Gasteiger partial charge in [-0.25, -0.2) is 4.79 Å². The average Bonchev–Trinajstić information content (AvgIpc) is 2.04. The van der Waals surface area contributed by atoms with Gasteiger partial charge in [-0.1, -0.05) is 11.6 Å². The van der Waals surface area contributed by atoms with Crippen LogP contribution in [0.1, 0.15) is 18.5 Å². The SMILES string of the molecule is O=c1nc(Cl)cc2n1CCCC2. The summed E-state index contributed by atoms with van der Waals surface area (Å²) in [5.74, 6) is 0. The number of rotatable bonds is 0. The van der Waals surface area contributed by atoms with Crippen LogP contribution in [0, 0.1) is 0 Å². The highest BCUT2D eigenvalue weighted by molar-refractivity contribution is 6.29. The summed E-state index contributed by atoms with van der Waals surface area (Å²) in [4.78, 5) is 14.9. The van der Waals surface area contributed by atoms with E-state index in [0.717, 1.165) is 31.5 Å². The molecule has 12 heavy (non-hydrogen) atoms. The standard InChI is InChI=1S/C8H9ClN2O/c9-7-5-6-3-1-2-4-11(6)8(12)10-7/h5H,1-4H2. The Hall–Kier alpha value is -0.830. The molecule has 0 aliphatic carbocycles. The van der Waals surface area contributed by atoms with Crippen LogP contribution in [0.4, 0.5) is 0 Å². The molecule has 4 heteroatoms. The zero-order valence-corrected chi connectivity index (χ0v) is 7.34. The van der Waals surface area contributed by atoms with Crippen LogP contribution >= 0.6 is 11.6 Å². The molecule has 0 fully saturated rings. The van der Waals surface area contributed by atoms with Crippen LogP contribution in [0.25, 0.3) is 0 Å². The summed E-state index contributed by atoms with van der Waals surface area (Å²) in [5.41, 5.74) is 0.809. The van der Waals surface area contributed by atoms with Gasteiger partial charge in [0, 0.05) is 12.2 Å². The molecular formula is C8H9ClN2O. The van der Waals surface area contributed by atoms with Crippen molar-refractivity contribution in [3.05, 3.63) is 27.4 Å². The van der Waals surface area contributed by atoms with Crippen LogP contribution in [-0.2, 0) is 13.0 Å². The van der Waals surface area contributed by atoms with E-state index in [9.17, 15) is 4.79 Å². The predicted molar refractivity (Wildman–Crippen MR) is 46.4 cm³/mol. The molecule has 0 bridgehead atoms. The van der Waals surface area contributed by atoms with Crippen LogP contribution < -0.4 is 5.69 Å². The number of halogens is 1. The van der Waals surface area contributed by atoms with Gasteiger partial charge in [0.05, 0.1) is 0 Å². The highest BCUT2D eigenvalue weighted by Gasteiger charge is 2.10. The largest absolute Gasteiger partial charge is 0.349 e. The fourth-order valence-electron chi connectivity index (χ4n) is 1.54. The molecule has 2 rings (SSSR count). The Bertz CT molecular complexity index is 359. The second-order valence-electron chi connectivity index (χ2n) is 2.96. The number of aromatic nitrogens is 2. The lowest BCUT2D eigenvalue weighted by atomic mass is 10.1. The monoisotopic (exact) mass is 184 g/mol. The molecule has 0 amide bonds. The van der Waals surface area contributed by atoms with Gasteiger partial charge in [-0.3, -0.25) is 4.57 Å². The smallest absolute Gasteiger partial charge is 0.296 e. The molecular weight excluding hydrogens is 176 g/mol. The maximum atomic E-state index is 11.3. The van der Waals surface area contributed by atoms with E-state index < -0.39 is 0 Å². The van der Waals surface area contributed by atoms with Crippen LogP contribution in [0.5, 0.6) is 0 Å². The molecule has 0 spiro atoms. The number of hydrogen-bond donors (Lipinski definition) is 0. The number of aryl methyl sites for hydroxylation is 1. The van der Waals surface area contributed by atoms with E-state index in [1.165, 1.54) is 0 Å². The van der Waals surface area contributed by atoms with Gasteiger partial charge in [-0.15, -0.1) is 0 Å². The fourth-order valence-corrected chi connectivity index (χ4v) is 1.74. The summed E-state index contributed by atoms with van der Waals surface area (Å²) in [7, 11) is 0. The normalized spacial score (nSPS) is 15.8. The van der Waals surface area contributed by atoms with Crippen molar-refractivity contribution in [2.24, 2.45) is 0 Å². The molecule has 0 aromatic carbocycles. The van der Waals surface area contributed by atoms with E-state index >= 15 is 0 Å². The van der Waals surface area contributed by atoms with E-state index in [4.69, 9.17) is 11.6 Å². The van der Waals surface area contributed by atoms with Crippen molar-refractivity contribution in [3.63, 3.8) is 0 Å². The topological polar surface area (TPSA) is 34.9 Å². The number of fused-ring (bicyclic) bond motifs is 1. The molecule has 1 aliphatic heterocycles. The Morgan fingerprint density at radius 1 is 1.50 bits per heavy atom. The Balaban J connectivity index is 2.60. The van der Waals surface area contributed by atoms with E-state index in [1.54, 1.807) is 10.6 Å². The molecule has 1 aromatic rings. The van der Waals surface area contributed by atoms with Crippen LogP contribution in [0.2, 0.25) is 5.15 Å². The summed E-state index contributed by atoms with van der Waals surface area (Å²) in [6.07, 6.45) is 3.15. The molecule has 3 nitrogen and oxygen atoms in total. The second-order valence-corrected chi connectivity index (χ2v) is 3.35. The van der Waals surface area contributed by atoms with Crippen LogP contribution in [0.15, 0.2) is 10.9 Å². The molecule has 64 valence electrons. The van der Waals surface area contributed by atoms with E-state index in [0.29, 0.717) is 5.15 Å². The van der Waals surface area contributed by atoms with E-state index in [1.807, 2.05) is 0 Å². The van der Waals surface area contributed by atoms with Crippen molar-refractivity contribution in [2.75, 3.05) is 0 Å². The van der Waals surface area contributed by atoms with Crippen molar-refractivity contribution >= 4 is 11.6 Å². The Morgan fingerprint density at radius 2 is 2.33 bits per heavy atom. The van der Waals surface area contributed by atoms with Gasteiger partial charge in [0.25, 0.3) is 0 Å². The highest BCUT2D eigenvalue weighted by atomic mass is 35.5. The predicted octanol–water partition coefficient (Wildman–Crippen LogP) is 1.23. The van der Waals surface area contributed by atoms with Gasteiger partial charge in [0.15, 0.2) is 0 Å². The number of hydrogen-bond acceptors (Lipinski definition) is 2. The molecule has 0 N–H and O–H groups in total. The van der Waals surface area contributed by atoms with Gasteiger partial charge < -0.3 is 0 Å². The lowest BCUT2D eigenvalue weighted by Crippen LogP contribution is -2.28. The summed E-state index contributed by atoms with van der Waals surface area (Å²) < 4.78 is 1.70. The van der Waals surface area contributed by atoms with Crippen molar-refractivity contribution in [2.45, 2.75) is 25.8 Å². The first-order valence-corrected chi connectivity index (χ1v) is 4.41. The van der Waals surface area contributed by atoms with Gasteiger partial charge in [-0.05, 0) is 25.3 Å². The van der Waals surface area contributed by atoms with Crippen molar-refractivity contribution < 1.29 is 0 Å². The molecule has 2 heterocycles. The first kappa shape index (κ1) is 7.80. The summed E-state index contributed by atoms with van der Waals surface area (Å²) in [6, 6.07) is 1.78. The zero-order valence-electron chi connectivity index (χ0n) is 6.59. The molecule has 1 aromatic heterocycles. The van der Waals surface area contributed by atoms with Crippen molar-refractivity contribution in [1.29, 1.82) is 0 Å². The third-order valence-electron chi connectivity index (χ3n) is 2.13. The molecule has 0 atom stereocenters. The third kappa shape index (κ3) is 1.25. The quantitative estimate of drug-likeness (QED) is 0.569. The summed E-state index contributed by atoms with van der Waals surface area (Å²) in [6.45, 7) is 0.790. The number of nitrogens with zero attached hydrogens (tertiary/aromatic N) is 2. The molecule has 0 radical (unpaired) electrons. The van der Waals surface area contributed by atoms with Crippen molar-refractivity contribution in [1.82, 2.24) is 9.55 Å². The molecule has 0 unspecified atom stereocenters. The summed E-state index contributed by atoms with van der Waals surface area (Å²) in [5, 5.41) is 0.313. The zero-order chi connectivity index (χ0) is 8.55. The minimum atomic E-state index is -0.211. The molecule has 0 saturated carbocycles. The van der Waals surface area contributed by atoms with Gasteiger partial charge >= 0.3 is 5.69 Å². The van der Waals surface area contributed by atoms with E-state index in [2.05, 4.69) is 4.98 Å². The minimum Gasteiger partial charge on any atom is -0.296 e. The highest BCUT2D eigenvalue weighted by Crippen LogP contribution is 2.13. The van der Waals surface area contributed by atoms with Gasteiger partial charge in [0.1, 0.15) is 5.15 Å². The third-order valence-corrected chi connectivity index (χ3v) is 2.32. The van der Waals surface area contributed by atoms with Crippen LogP contribution in [-0.4, -0.2) is 9.55 Å². The summed E-state index contributed by atoms with van der Waals surface area (Å²) >= 11 is 5.66. The maximum absolute atomic E-state index is 11.3. The molecule has 1 aliphatic rings.